The molecule has 2 heterocycles. The second-order valence-electron chi connectivity index (χ2n) is 10.4. The van der Waals surface area contributed by atoms with Crippen molar-refractivity contribution in [3.05, 3.63) is 69.6 Å². The standard InChI is InChI=1S/C29H37N5O6S/c1-19(2)17-20-9-7-10-21-25(20)41-23(30-21)18-34-15-8-11-22(26(34)37)31-27(38)29(14-16-35,32-28(39)40)13-6-5-12-24(36)33(3)4/h5,7-12,15,19,32,35H,6,13-14,16-18H2,1-4H3,(H,31,38)(H,39,40)/b12-5+. The Kier molecular flexibility index (Phi) is 10.8. The van der Waals surface area contributed by atoms with E-state index in [9.17, 15) is 29.4 Å². The molecular formula is C29H37N5O6S. The summed E-state index contributed by atoms with van der Waals surface area (Å²) < 4.78 is 2.52. The summed E-state index contributed by atoms with van der Waals surface area (Å²) in [5.41, 5.74) is -0.171. The predicted molar refractivity (Wildman–Crippen MR) is 159 cm³/mol. The molecule has 0 fully saturated rings. The largest absolute Gasteiger partial charge is 0.465 e. The molecule has 0 aliphatic rings. The molecular weight excluding hydrogens is 546 g/mol. The van der Waals surface area contributed by atoms with Gasteiger partial charge in [0.05, 0.1) is 16.8 Å². The number of hydrogen-bond donors (Lipinski definition) is 4. The van der Waals surface area contributed by atoms with Crippen LogP contribution in [0.15, 0.2) is 53.5 Å². The maximum atomic E-state index is 13.5. The SMILES string of the molecule is CC(C)Cc1cccc2nc(Cn3cccc(NC(=O)C(CCO)(CC/C=C/C(=O)N(C)C)NC(=O)O)c3=O)sc12. The third-order valence-electron chi connectivity index (χ3n) is 6.50. The first-order chi connectivity index (χ1) is 19.5. The third kappa shape index (κ3) is 8.24. The molecule has 1 unspecified atom stereocenters. The minimum Gasteiger partial charge on any atom is -0.465 e. The summed E-state index contributed by atoms with van der Waals surface area (Å²) in [6, 6.07) is 9.07. The van der Waals surface area contributed by atoms with Crippen molar-refractivity contribution in [2.75, 3.05) is 26.0 Å². The fourth-order valence-corrected chi connectivity index (χ4v) is 5.54. The number of nitrogens with one attached hydrogen (secondary N) is 2. The van der Waals surface area contributed by atoms with E-state index in [1.54, 1.807) is 26.4 Å². The molecule has 220 valence electrons. The minimum atomic E-state index is -1.74. The topological polar surface area (TPSA) is 154 Å². The van der Waals surface area contributed by atoms with E-state index in [-0.39, 0.29) is 37.4 Å². The van der Waals surface area contributed by atoms with Gasteiger partial charge in [0.1, 0.15) is 16.2 Å². The molecule has 0 aliphatic carbocycles. The van der Waals surface area contributed by atoms with Gasteiger partial charge in [-0.05, 0) is 55.0 Å². The quantitative estimate of drug-likeness (QED) is 0.225. The summed E-state index contributed by atoms with van der Waals surface area (Å²) in [6.07, 6.45) is 3.81. The van der Waals surface area contributed by atoms with Crippen molar-refractivity contribution >= 4 is 45.1 Å². The zero-order valence-electron chi connectivity index (χ0n) is 23.7. The number of carbonyl (C=O) groups is 3. The average Bonchev–Trinajstić information content (AvgIpc) is 3.31. The number of carbonyl (C=O) groups excluding carboxylic acids is 2. The lowest BCUT2D eigenvalue weighted by Gasteiger charge is -2.31. The lowest BCUT2D eigenvalue weighted by atomic mass is 9.88. The molecule has 1 aromatic carbocycles. The molecule has 3 rings (SSSR count). The Morgan fingerprint density at radius 2 is 1.93 bits per heavy atom. The van der Waals surface area contributed by atoms with E-state index >= 15 is 0 Å². The number of rotatable bonds is 13. The van der Waals surface area contributed by atoms with Gasteiger partial charge in [0.15, 0.2) is 0 Å². The van der Waals surface area contributed by atoms with Crippen LogP contribution in [0.2, 0.25) is 0 Å². The number of fused-ring (bicyclic) bond motifs is 1. The molecule has 0 radical (unpaired) electrons. The van der Waals surface area contributed by atoms with E-state index in [1.165, 1.54) is 44.6 Å². The van der Waals surface area contributed by atoms with Crippen molar-refractivity contribution in [2.24, 2.45) is 5.92 Å². The first kappa shape index (κ1) is 31.5. The molecule has 0 bridgehead atoms. The van der Waals surface area contributed by atoms with Crippen LogP contribution in [0.1, 0.15) is 43.7 Å². The summed E-state index contributed by atoms with van der Waals surface area (Å²) in [5.74, 6) is -0.559. The Bertz CT molecular complexity index is 1480. The van der Waals surface area contributed by atoms with Crippen LogP contribution in [-0.4, -0.2) is 68.8 Å². The maximum Gasteiger partial charge on any atom is 0.405 e. The summed E-state index contributed by atoms with van der Waals surface area (Å²) in [7, 11) is 3.19. The second kappa shape index (κ2) is 14.0. The lowest BCUT2D eigenvalue weighted by Crippen LogP contribution is -2.57. The number of hydrogen-bond acceptors (Lipinski definition) is 7. The Hall–Kier alpha value is -4.03. The molecule has 0 saturated heterocycles. The molecule has 3 aromatic rings. The van der Waals surface area contributed by atoms with Gasteiger partial charge in [0.25, 0.3) is 11.5 Å². The first-order valence-electron chi connectivity index (χ1n) is 13.3. The lowest BCUT2D eigenvalue weighted by molar-refractivity contribution is -0.123. The number of aromatic nitrogens is 2. The molecule has 0 aliphatic heterocycles. The number of benzene rings is 1. The van der Waals surface area contributed by atoms with Crippen LogP contribution in [0.25, 0.3) is 10.2 Å². The van der Waals surface area contributed by atoms with Crippen molar-refractivity contribution < 1.29 is 24.6 Å². The number of allylic oxidation sites excluding steroid dienone is 1. The second-order valence-corrected chi connectivity index (χ2v) is 11.5. The van der Waals surface area contributed by atoms with Gasteiger partial charge in [0, 0.05) is 33.3 Å². The van der Waals surface area contributed by atoms with Gasteiger partial charge in [-0.25, -0.2) is 9.78 Å². The van der Waals surface area contributed by atoms with E-state index in [0.29, 0.717) is 5.92 Å². The molecule has 12 heteroatoms. The fourth-order valence-electron chi connectivity index (χ4n) is 4.46. The molecule has 4 N–H and O–H groups in total. The summed E-state index contributed by atoms with van der Waals surface area (Å²) >= 11 is 1.53. The van der Waals surface area contributed by atoms with Gasteiger partial charge < -0.3 is 30.3 Å². The average molecular weight is 584 g/mol. The van der Waals surface area contributed by atoms with Gasteiger partial charge in [-0.2, -0.15) is 0 Å². The molecule has 0 spiro atoms. The van der Waals surface area contributed by atoms with Gasteiger partial charge in [-0.15, -0.1) is 11.3 Å². The Morgan fingerprint density at radius 1 is 1.17 bits per heavy atom. The van der Waals surface area contributed by atoms with E-state index in [1.807, 2.05) is 12.1 Å². The van der Waals surface area contributed by atoms with Crippen LogP contribution in [0.4, 0.5) is 10.5 Å². The predicted octanol–water partition coefficient (Wildman–Crippen LogP) is 3.46. The van der Waals surface area contributed by atoms with Crippen LogP contribution in [-0.2, 0) is 22.6 Å². The van der Waals surface area contributed by atoms with Crippen LogP contribution < -0.4 is 16.2 Å². The molecule has 3 amide bonds. The third-order valence-corrected chi connectivity index (χ3v) is 7.63. The van der Waals surface area contributed by atoms with E-state index < -0.39 is 29.7 Å². The number of carboxylic acid groups (broad SMARTS) is 1. The van der Waals surface area contributed by atoms with Crippen LogP contribution in [0.5, 0.6) is 0 Å². The summed E-state index contributed by atoms with van der Waals surface area (Å²) in [6.45, 7) is 4.03. The number of anilines is 1. The van der Waals surface area contributed by atoms with Gasteiger partial charge in [0.2, 0.25) is 5.91 Å². The number of amides is 3. The molecule has 41 heavy (non-hydrogen) atoms. The maximum absolute atomic E-state index is 13.5. The van der Waals surface area contributed by atoms with Crippen molar-refractivity contribution in [1.29, 1.82) is 0 Å². The van der Waals surface area contributed by atoms with Crippen molar-refractivity contribution in [3.63, 3.8) is 0 Å². The van der Waals surface area contributed by atoms with Gasteiger partial charge >= 0.3 is 6.09 Å². The highest BCUT2D eigenvalue weighted by atomic mass is 32.1. The normalized spacial score (nSPS) is 12.9. The number of nitrogens with zero attached hydrogens (tertiary/aromatic N) is 3. The van der Waals surface area contributed by atoms with Crippen molar-refractivity contribution in [1.82, 2.24) is 19.8 Å². The van der Waals surface area contributed by atoms with E-state index in [0.717, 1.165) is 21.6 Å². The van der Waals surface area contributed by atoms with E-state index in [4.69, 9.17) is 4.98 Å². The molecule has 11 nitrogen and oxygen atoms in total. The molecule has 0 saturated carbocycles. The van der Waals surface area contributed by atoms with Crippen LogP contribution in [0.3, 0.4) is 0 Å². The number of pyridine rings is 1. The highest BCUT2D eigenvalue weighted by Gasteiger charge is 2.39. The monoisotopic (exact) mass is 583 g/mol. The zero-order valence-corrected chi connectivity index (χ0v) is 24.5. The van der Waals surface area contributed by atoms with Crippen molar-refractivity contribution in [2.45, 2.75) is 51.6 Å². The molecule has 2 aromatic heterocycles. The zero-order chi connectivity index (χ0) is 30.2. The van der Waals surface area contributed by atoms with E-state index in [2.05, 4.69) is 30.5 Å². The highest BCUT2D eigenvalue weighted by molar-refractivity contribution is 7.18. The fraction of sp³-hybridized carbons (Fsp3) is 0.414. The number of thiazole rings is 1. The smallest absolute Gasteiger partial charge is 0.405 e. The van der Waals surface area contributed by atoms with Crippen LogP contribution in [0, 0.1) is 5.92 Å². The number of likely N-dealkylation sites (N-methyl/N-ethyl adjacent to an activating group) is 1. The first-order valence-corrected chi connectivity index (χ1v) is 14.2. The van der Waals surface area contributed by atoms with Gasteiger partial charge in [-0.1, -0.05) is 32.1 Å². The van der Waals surface area contributed by atoms with Crippen LogP contribution >= 0.6 is 11.3 Å². The summed E-state index contributed by atoms with van der Waals surface area (Å²) in [4.78, 5) is 56.3. The Morgan fingerprint density at radius 3 is 2.59 bits per heavy atom. The Balaban J connectivity index is 1.85. The van der Waals surface area contributed by atoms with Gasteiger partial charge in [-0.3, -0.25) is 14.4 Å². The number of aliphatic hydroxyl groups excluding tert-OH is 1. The number of aliphatic hydroxyl groups is 1. The van der Waals surface area contributed by atoms with Crippen molar-refractivity contribution in [3.8, 4) is 0 Å². The minimum absolute atomic E-state index is 0.0352. The summed E-state index contributed by atoms with van der Waals surface area (Å²) in [5, 5.41) is 24.7. The highest BCUT2D eigenvalue weighted by Crippen LogP contribution is 2.28. The Labute approximate surface area is 242 Å². The molecule has 1 atom stereocenters.